The molecule has 0 saturated carbocycles. The van der Waals surface area contributed by atoms with Crippen LogP contribution in [0.25, 0.3) is 0 Å². The largest absolute Gasteiger partial charge is 0.338 e. The zero-order valence-electron chi connectivity index (χ0n) is 20.7. The fourth-order valence-electron chi connectivity index (χ4n) is 4.54. The summed E-state index contributed by atoms with van der Waals surface area (Å²) in [6.45, 7) is 0.321. The lowest BCUT2D eigenvalue weighted by Gasteiger charge is -2.32. The van der Waals surface area contributed by atoms with Gasteiger partial charge in [-0.1, -0.05) is 53.0 Å². The Labute approximate surface area is 237 Å². The molecule has 3 amide bonds. The minimum Gasteiger partial charge on any atom is -0.338 e. The lowest BCUT2D eigenvalue weighted by Crippen LogP contribution is -2.39. The van der Waals surface area contributed by atoms with Crippen molar-refractivity contribution in [3.63, 3.8) is 0 Å². The summed E-state index contributed by atoms with van der Waals surface area (Å²) in [4.78, 5) is 26.6. The molecule has 0 aromatic heterocycles. The number of sulfone groups is 1. The zero-order valence-corrected chi connectivity index (χ0v) is 23.8. The molecule has 0 fully saturated rings. The van der Waals surface area contributed by atoms with Crippen molar-refractivity contribution in [3.8, 4) is 0 Å². The Morgan fingerprint density at radius 1 is 0.974 bits per heavy atom. The van der Waals surface area contributed by atoms with E-state index in [-0.39, 0.29) is 38.9 Å². The highest BCUT2D eigenvalue weighted by Crippen LogP contribution is 2.42. The number of carbonyl (C=O) groups is 2. The summed E-state index contributed by atoms with van der Waals surface area (Å²) in [5.41, 5.74) is 1.96. The van der Waals surface area contributed by atoms with Crippen molar-refractivity contribution < 1.29 is 18.0 Å². The number of benzene rings is 3. The Bertz CT molecular complexity index is 1470. The van der Waals surface area contributed by atoms with E-state index in [0.717, 1.165) is 5.56 Å². The monoisotopic (exact) mass is 593 g/mol. The Balaban J connectivity index is 1.70. The van der Waals surface area contributed by atoms with Crippen molar-refractivity contribution in [2.75, 3.05) is 26.0 Å². The number of fused-ring (bicyclic) bond motifs is 1. The van der Waals surface area contributed by atoms with E-state index in [1.165, 1.54) is 17.0 Å². The average Bonchev–Trinajstić information content (AvgIpc) is 2.86. The molecule has 0 spiro atoms. The molecular formula is C27H26Cl3N3O4S. The van der Waals surface area contributed by atoms with Crippen LogP contribution in [0.3, 0.4) is 0 Å². The first-order valence-electron chi connectivity index (χ1n) is 11.8. The maximum Gasteiger partial charge on any atom is 0.316 e. The Morgan fingerprint density at radius 3 is 2.32 bits per heavy atom. The van der Waals surface area contributed by atoms with Crippen LogP contribution in [0, 0.1) is 5.92 Å². The molecule has 1 aliphatic carbocycles. The van der Waals surface area contributed by atoms with Gasteiger partial charge in [0.2, 0.25) is 0 Å². The fraction of sp³-hybridized carbons (Fsp3) is 0.259. The third-order valence-corrected chi connectivity index (χ3v) is 9.42. The molecule has 0 radical (unpaired) electrons. The van der Waals surface area contributed by atoms with Crippen molar-refractivity contribution in [1.82, 2.24) is 10.2 Å². The molecule has 0 aliphatic heterocycles. The number of rotatable bonds is 6. The molecule has 2 atom stereocenters. The lowest BCUT2D eigenvalue weighted by atomic mass is 9.83. The van der Waals surface area contributed by atoms with E-state index in [4.69, 9.17) is 34.8 Å². The highest BCUT2D eigenvalue weighted by molar-refractivity contribution is 7.91. The second-order valence-corrected chi connectivity index (χ2v) is 12.7. The van der Waals surface area contributed by atoms with Crippen LogP contribution in [-0.2, 0) is 16.3 Å². The molecule has 11 heteroatoms. The van der Waals surface area contributed by atoms with Crippen LogP contribution < -0.4 is 10.6 Å². The van der Waals surface area contributed by atoms with E-state index in [2.05, 4.69) is 10.6 Å². The number of nitrogens with zero attached hydrogens (tertiary/aromatic N) is 1. The fourth-order valence-corrected chi connectivity index (χ4v) is 7.33. The van der Waals surface area contributed by atoms with Gasteiger partial charge in [0.25, 0.3) is 5.91 Å². The minimum absolute atomic E-state index is 0.108. The molecule has 1 aliphatic rings. The number of anilines is 1. The molecule has 3 aromatic carbocycles. The van der Waals surface area contributed by atoms with Crippen molar-refractivity contribution in [2.45, 2.75) is 23.0 Å². The van der Waals surface area contributed by atoms with Crippen molar-refractivity contribution in [2.24, 2.45) is 5.92 Å². The summed E-state index contributed by atoms with van der Waals surface area (Å²) in [7, 11) is -0.574. The first-order valence-corrected chi connectivity index (χ1v) is 14.5. The van der Waals surface area contributed by atoms with Crippen LogP contribution in [-0.4, -0.2) is 45.9 Å². The molecule has 2 N–H and O–H groups in total. The van der Waals surface area contributed by atoms with Gasteiger partial charge in [-0.3, -0.25) is 4.79 Å². The number of urea groups is 1. The Kier molecular flexibility index (Phi) is 8.57. The van der Waals surface area contributed by atoms with Crippen molar-refractivity contribution >= 4 is 62.3 Å². The quantitative estimate of drug-likeness (QED) is 0.353. The van der Waals surface area contributed by atoms with Gasteiger partial charge in [0.15, 0.2) is 9.84 Å². The van der Waals surface area contributed by atoms with Gasteiger partial charge < -0.3 is 15.5 Å². The van der Waals surface area contributed by atoms with Gasteiger partial charge in [0.05, 0.1) is 25.8 Å². The van der Waals surface area contributed by atoms with Gasteiger partial charge in [-0.05, 0) is 72.4 Å². The number of hydrogen-bond acceptors (Lipinski definition) is 4. The predicted molar refractivity (Wildman–Crippen MR) is 151 cm³/mol. The molecule has 3 aromatic rings. The number of halogens is 3. The van der Waals surface area contributed by atoms with Gasteiger partial charge >= 0.3 is 6.03 Å². The van der Waals surface area contributed by atoms with E-state index in [1.54, 1.807) is 62.6 Å². The minimum atomic E-state index is -3.86. The van der Waals surface area contributed by atoms with E-state index in [0.29, 0.717) is 29.2 Å². The number of carbonyl (C=O) groups excluding carboxylic acids is 2. The second-order valence-electron chi connectivity index (χ2n) is 9.34. The molecule has 0 heterocycles. The number of hydrogen-bond donors (Lipinski definition) is 2. The van der Waals surface area contributed by atoms with Gasteiger partial charge in [0.1, 0.15) is 0 Å². The van der Waals surface area contributed by atoms with Crippen LogP contribution >= 0.6 is 34.8 Å². The molecule has 4 rings (SSSR count). The third kappa shape index (κ3) is 6.10. The molecule has 0 saturated heterocycles. The van der Waals surface area contributed by atoms with Gasteiger partial charge in [-0.15, -0.1) is 0 Å². The molecule has 1 unspecified atom stereocenters. The first kappa shape index (κ1) is 28.2. The highest BCUT2D eigenvalue weighted by atomic mass is 35.5. The van der Waals surface area contributed by atoms with E-state index in [9.17, 15) is 18.0 Å². The lowest BCUT2D eigenvalue weighted by molar-refractivity contribution is 0.102. The third-order valence-electron chi connectivity index (χ3n) is 6.44. The van der Waals surface area contributed by atoms with Crippen molar-refractivity contribution in [1.29, 1.82) is 0 Å². The van der Waals surface area contributed by atoms with E-state index in [1.807, 2.05) is 0 Å². The zero-order chi connectivity index (χ0) is 27.6. The maximum atomic E-state index is 13.9. The van der Waals surface area contributed by atoms with Crippen LogP contribution in [0.2, 0.25) is 15.1 Å². The molecule has 0 bridgehead atoms. The summed E-state index contributed by atoms with van der Waals surface area (Å²) in [6, 6.07) is 15.9. The van der Waals surface area contributed by atoms with Gasteiger partial charge in [-0.2, -0.15) is 0 Å². The van der Waals surface area contributed by atoms with E-state index >= 15 is 0 Å². The number of nitrogens with one attached hydrogen (secondary N) is 2. The Morgan fingerprint density at radius 2 is 1.66 bits per heavy atom. The highest BCUT2D eigenvalue weighted by Gasteiger charge is 2.37. The van der Waals surface area contributed by atoms with Gasteiger partial charge in [-0.25, -0.2) is 13.2 Å². The second kappa shape index (κ2) is 11.5. The predicted octanol–water partition coefficient (Wildman–Crippen LogP) is 6.25. The smallest absolute Gasteiger partial charge is 0.316 e. The molecule has 7 nitrogen and oxygen atoms in total. The average molecular weight is 595 g/mol. The summed E-state index contributed by atoms with van der Waals surface area (Å²) in [5, 5.41) is 5.46. The van der Waals surface area contributed by atoms with Crippen LogP contribution in [0.5, 0.6) is 0 Å². The summed E-state index contributed by atoms with van der Waals surface area (Å²) in [6.07, 6.45) is 0.846. The summed E-state index contributed by atoms with van der Waals surface area (Å²) >= 11 is 18.5. The molecule has 38 heavy (non-hydrogen) atoms. The van der Waals surface area contributed by atoms with E-state index < -0.39 is 21.0 Å². The van der Waals surface area contributed by atoms with Crippen LogP contribution in [0.1, 0.15) is 33.2 Å². The first-order chi connectivity index (χ1) is 18.0. The maximum absolute atomic E-state index is 13.9. The molecule has 200 valence electrons. The summed E-state index contributed by atoms with van der Waals surface area (Å²) in [5.74, 6) is -0.623. The molecular weight excluding hydrogens is 569 g/mol. The van der Waals surface area contributed by atoms with Crippen molar-refractivity contribution in [3.05, 3.63) is 92.4 Å². The normalized spacial score (nSPS) is 16.9. The SMILES string of the molecule is CN(C)C(=O)NC[C@@H]1Cc2ccc(NC(=O)c3c(Cl)cccc3Cl)cc2C(S(=O)(=O)c2cccc(Cl)c2)C1. The number of amides is 3. The summed E-state index contributed by atoms with van der Waals surface area (Å²) < 4.78 is 27.7. The topological polar surface area (TPSA) is 95.6 Å². The van der Waals surface area contributed by atoms with Crippen LogP contribution in [0.4, 0.5) is 10.5 Å². The Hall–Kier alpha value is -2.78. The standard InChI is InChI=1S/C27H26Cl3N3O4S/c1-33(2)27(35)31-15-16-11-17-9-10-19(32-26(34)25-22(29)7-4-8-23(25)30)14-21(17)24(12-16)38(36,37)20-6-3-5-18(28)13-20/h3-10,13-14,16,24H,11-12,15H2,1-2H3,(H,31,35)(H,32,34)/t16-,24?/m1/s1. The van der Waals surface area contributed by atoms with Crippen LogP contribution in [0.15, 0.2) is 65.6 Å². The van der Waals surface area contributed by atoms with Gasteiger partial charge in [0, 0.05) is 31.4 Å².